The molecule has 1 aliphatic heterocycles. The Labute approximate surface area is 131 Å². The highest BCUT2D eigenvalue weighted by molar-refractivity contribution is 5.97. The first-order valence-corrected chi connectivity index (χ1v) is 7.01. The van der Waals surface area contributed by atoms with Gasteiger partial charge in [0.15, 0.2) is 6.61 Å². The highest BCUT2D eigenvalue weighted by Crippen LogP contribution is 2.21. The van der Waals surface area contributed by atoms with Crippen molar-refractivity contribution in [3.63, 3.8) is 0 Å². The van der Waals surface area contributed by atoms with Crippen molar-refractivity contribution in [1.29, 1.82) is 0 Å². The first-order valence-electron chi connectivity index (χ1n) is 7.01. The second-order valence-electron chi connectivity index (χ2n) is 5.08. The molecule has 1 fully saturated rings. The third-order valence-electron chi connectivity index (χ3n) is 3.48. The maximum atomic E-state index is 12.3. The molecule has 3 N–H and O–H groups in total. The van der Waals surface area contributed by atoms with Gasteiger partial charge in [-0.15, -0.1) is 0 Å². The Balaban J connectivity index is 2.10. The van der Waals surface area contributed by atoms with Crippen molar-refractivity contribution < 1.29 is 27.8 Å². The Kier molecular flexibility index (Phi) is 5.43. The largest absolute Gasteiger partial charge is 0.472 e. The van der Waals surface area contributed by atoms with Gasteiger partial charge in [-0.1, -0.05) is 6.07 Å². The van der Waals surface area contributed by atoms with Crippen LogP contribution in [0.4, 0.5) is 8.78 Å². The molecule has 1 saturated heterocycles. The van der Waals surface area contributed by atoms with Crippen molar-refractivity contribution >= 4 is 11.8 Å². The zero-order valence-corrected chi connectivity index (χ0v) is 12.3. The van der Waals surface area contributed by atoms with E-state index in [1.807, 2.05) is 0 Å². The van der Waals surface area contributed by atoms with E-state index in [4.69, 9.17) is 15.2 Å². The Bertz CT molecular complexity index is 577. The number of aromatic nitrogens is 1. The average molecular weight is 329 g/mol. The molecule has 1 aromatic rings. The van der Waals surface area contributed by atoms with E-state index in [2.05, 4.69) is 10.3 Å². The van der Waals surface area contributed by atoms with Gasteiger partial charge in [0.2, 0.25) is 11.8 Å². The molecule has 9 heteroatoms. The number of hydrogen-bond donors (Lipinski definition) is 2. The van der Waals surface area contributed by atoms with Gasteiger partial charge in [-0.3, -0.25) is 9.59 Å². The van der Waals surface area contributed by atoms with Gasteiger partial charge in [0.25, 0.3) is 12.3 Å². The van der Waals surface area contributed by atoms with Crippen molar-refractivity contribution in [1.82, 2.24) is 10.3 Å². The first kappa shape index (κ1) is 17.1. The van der Waals surface area contributed by atoms with Crippen LogP contribution in [-0.2, 0) is 9.53 Å². The van der Waals surface area contributed by atoms with Crippen molar-refractivity contribution in [2.75, 3.05) is 19.8 Å². The maximum Gasteiger partial charge on any atom is 0.272 e. The monoisotopic (exact) mass is 329 g/mol. The SMILES string of the molecule is NC(=O)C1(NC(=O)c2cccc(OCC(F)F)n2)CCOCC1. The number of carbonyl (C=O) groups excluding carboxylic acids is 2. The number of amides is 2. The van der Waals surface area contributed by atoms with Gasteiger partial charge in [0.05, 0.1) is 0 Å². The number of nitrogens with two attached hydrogens (primary N) is 1. The second-order valence-corrected chi connectivity index (χ2v) is 5.08. The second kappa shape index (κ2) is 7.32. The smallest absolute Gasteiger partial charge is 0.272 e. The van der Waals surface area contributed by atoms with Gasteiger partial charge in [0.1, 0.15) is 11.2 Å². The topological polar surface area (TPSA) is 104 Å². The summed E-state index contributed by atoms with van der Waals surface area (Å²) < 4.78 is 34.2. The molecule has 0 unspecified atom stereocenters. The number of halogens is 2. The summed E-state index contributed by atoms with van der Waals surface area (Å²) in [5, 5.41) is 2.58. The fourth-order valence-electron chi connectivity index (χ4n) is 2.20. The molecule has 2 amide bonds. The van der Waals surface area contributed by atoms with E-state index in [0.29, 0.717) is 13.2 Å². The molecular formula is C14H17F2N3O4. The molecular weight excluding hydrogens is 312 g/mol. The third-order valence-corrected chi connectivity index (χ3v) is 3.48. The van der Waals surface area contributed by atoms with Gasteiger partial charge in [-0.25, -0.2) is 13.8 Å². The third kappa shape index (κ3) is 4.35. The van der Waals surface area contributed by atoms with E-state index in [-0.39, 0.29) is 24.4 Å². The molecule has 2 rings (SSSR count). The number of alkyl halides is 2. The van der Waals surface area contributed by atoms with Gasteiger partial charge in [-0.05, 0) is 6.07 Å². The molecule has 2 heterocycles. The molecule has 126 valence electrons. The molecule has 0 atom stereocenters. The number of primary amides is 1. The molecule has 7 nitrogen and oxygen atoms in total. The Morgan fingerprint density at radius 2 is 2.09 bits per heavy atom. The highest BCUT2D eigenvalue weighted by atomic mass is 19.3. The van der Waals surface area contributed by atoms with E-state index >= 15 is 0 Å². The Hall–Kier alpha value is -2.29. The van der Waals surface area contributed by atoms with Crippen molar-refractivity contribution in [3.8, 4) is 5.88 Å². The zero-order chi connectivity index (χ0) is 16.9. The fraction of sp³-hybridized carbons (Fsp3) is 0.500. The van der Waals surface area contributed by atoms with E-state index in [1.165, 1.54) is 18.2 Å². The molecule has 0 spiro atoms. The lowest BCUT2D eigenvalue weighted by Crippen LogP contribution is -2.60. The first-order chi connectivity index (χ1) is 10.9. The van der Waals surface area contributed by atoms with Gasteiger partial charge >= 0.3 is 0 Å². The Morgan fingerprint density at radius 1 is 1.39 bits per heavy atom. The van der Waals surface area contributed by atoms with Crippen LogP contribution in [0.1, 0.15) is 23.3 Å². The maximum absolute atomic E-state index is 12.3. The van der Waals surface area contributed by atoms with Crippen LogP contribution in [0.5, 0.6) is 5.88 Å². The highest BCUT2D eigenvalue weighted by Gasteiger charge is 2.40. The molecule has 0 saturated carbocycles. The number of ether oxygens (including phenoxy) is 2. The molecule has 1 aliphatic rings. The molecule has 23 heavy (non-hydrogen) atoms. The average Bonchev–Trinajstić information content (AvgIpc) is 2.54. The van der Waals surface area contributed by atoms with Gasteiger partial charge in [0, 0.05) is 32.1 Å². The normalized spacial score (nSPS) is 16.8. The molecule has 0 aromatic carbocycles. The van der Waals surface area contributed by atoms with Crippen molar-refractivity contribution in [2.45, 2.75) is 24.8 Å². The molecule has 0 aliphatic carbocycles. The Morgan fingerprint density at radius 3 is 2.70 bits per heavy atom. The minimum absolute atomic E-state index is 0.0520. The minimum Gasteiger partial charge on any atom is -0.472 e. The molecule has 1 aromatic heterocycles. The van der Waals surface area contributed by atoms with Crippen LogP contribution >= 0.6 is 0 Å². The summed E-state index contributed by atoms with van der Waals surface area (Å²) in [6.07, 6.45) is -2.12. The summed E-state index contributed by atoms with van der Waals surface area (Å²) in [4.78, 5) is 27.8. The van der Waals surface area contributed by atoms with Crippen molar-refractivity contribution in [3.05, 3.63) is 23.9 Å². The zero-order valence-electron chi connectivity index (χ0n) is 12.3. The molecule has 0 bridgehead atoms. The van der Waals surface area contributed by atoms with E-state index in [0.717, 1.165) is 0 Å². The van der Waals surface area contributed by atoms with Crippen LogP contribution in [-0.4, -0.2) is 48.6 Å². The summed E-state index contributed by atoms with van der Waals surface area (Å²) in [5.41, 5.74) is 4.15. The van der Waals surface area contributed by atoms with Gasteiger partial charge in [-0.2, -0.15) is 0 Å². The predicted molar refractivity (Wildman–Crippen MR) is 75.2 cm³/mol. The lowest BCUT2D eigenvalue weighted by molar-refractivity contribution is -0.127. The minimum atomic E-state index is -2.64. The quantitative estimate of drug-likeness (QED) is 0.790. The van der Waals surface area contributed by atoms with Crippen LogP contribution in [0.2, 0.25) is 0 Å². The number of carbonyl (C=O) groups is 2. The van der Waals surface area contributed by atoms with Crippen LogP contribution < -0.4 is 15.8 Å². The summed E-state index contributed by atoms with van der Waals surface area (Å²) in [7, 11) is 0. The number of hydrogen-bond acceptors (Lipinski definition) is 5. The number of nitrogens with one attached hydrogen (secondary N) is 1. The van der Waals surface area contributed by atoms with E-state index in [1.54, 1.807) is 0 Å². The summed E-state index contributed by atoms with van der Waals surface area (Å²) in [6, 6.07) is 4.19. The van der Waals surface area contributed by atoms with Crippen molar-refractivity contribution in [2.24, 2.45) is 5.73 Å². The number of nitrogens with zero attached hydrogens (tertiary/aromatic N) is 1. The number of rotatable bonds is 6. The van der Waals surface area contributed by atoms with E-state index in [9.17, 15) is 18.4 Å². The lowest BCUT2D eigenvalue weighted by atomic mass is 9.89. The lowest BCUT2D eigenvalue weighted by Gasteiger charge is -2.34. The fourth-order valence-corrected chi connectivity index (χ4v) is 2.20. The number of pyridine rings is 1. The summed E-state index contributed by atoms with van der Waals surface area (Å²) in [5.74, 6) is -1.38. The van der Waals surface area contributed by atoms with E-state index < -0.39 is 30.4 Å². The summed E-state index contributed by atoms with van der Waals surface area (Å²) >= 11 is 0. The predicted octanol–water partition coefficient (Wildman–Crippen LogP) is 0.490. The van der Waals surface area contributed by atoms with Gasteiger partial charge < -0.3 is 20.5 Å². The van der Waals surface area contributed by atoms with Crippen LogP contribution in [0.15, 0.2) is 18.2 Å². The van der Waals surface area contributed by atoms with Crippen LogP contribution in [0.3, 0.4) is 0 Å². The summed E-state index contributed by atoms with van der Waals surface area (Å²) in [6.45, 7) is -0.219. The van der Waals surface area contributed by atoms with Crippen LogP contribution in [0, 0.1) is 0 Å². The standard InChI is InChI=1S/C14H17F2N3O4/c15-10(16)8-23-11-3-1-2-9(18-11)12(20)19-14(13(17)21)4-6-22-7-5-14/h1-3,10H,4-8H2,(H2,17,21)(H,19,20). The molecule has 0 radical (unpaired) electrons. The van der Waals surface area contributed by atoms with Crippen LogP contribution in [0.25, 0.3) is 0 Å².